The summed E-state index contributed by atoms with van der Waals surface area (Å²) in [6, 6.07) is 12.9. The lowest BCUT2D eigenvalue weighted by molar-refractivity contribution is 0.0526. The maximum atomic E-state index is 12.1. The van der Waals surface area contributed by atoms with E-state index < -0.39 is 0 Å². The smallest absolute Gasteiger partial charge is 0.338 e. The van der Waals surface area contributed by atoms with Gasteiger partial charge >= 0.3 is 5.97 Å². The molecule has 3 heteroatoms. The van der Waals surface area contributed by atoms with Gasteiger partial charge in [0, 0.05) is 17.9 Å². The number of ether oxygens (including phenoxy) is 1. The van der Waals surface area contributed by atoms with Crippen LogP contribution < -0.4 is 4.90 Å². The molecule has 1 saturated carbocycles. The van der Waals surface area contributed by atoms with E-state index in [4.69, 9.17) is 4.74 Å². The fraction of sp³-hybridized carbons (Fsp3) is 0.519. The van der Waals surface area contributed by atoms with Crippen molar-refractivity contribution in [2.24, 2.45) is 5.92 Å². The quantitative estimate of drug-likeness (QED) is 0.452. The lowest BCUT2D eigenvalue weighted by Crippen LogP contribution is -2.22. The van der Waals surface area contributed by atoms with Gasteiger partial charge in [-0.3, -0.25) is 0 Å². The van der Waals surface area contributed by atoms with Crippen LogP contribution in [-0.4, -0.2) is 19.1 Å². The lowest BCUT2D eigenvalue weighted by atomic mass is 9.78. The van der Waals surface area contributed by atoms with E-state index in [-0.39, 0.29) is 5.97 Å². The Morgan fingerprint density at radius 2 is 1.80 bits per heavy atom. The number of carbonyl (C=O) groups is 1. The van der Waals surface area contributed by atoms with E-state index in [9.17, 15) is 4.79 Å². The molecule has 2 aromatic rings. The van der Waals surface area contributed by atoms with Crippen molar-refractivity contribution in [1.82, 2.24) is 0 Å². The van der Waals surface area contributed by atoms with Gasteiger partial charge in [-0.1, -0.05) is 13.8 Å². The number of benzene rings is 2. The molecule has 2 aromatic carbocycles. The number of fused-ring (bicyclic) bond motifs is 1. The van der Waals surface area contributed by atoms with Gasteiger partial charge in [-0.15, -0.1) is 0 Å². The van der Waals surface area contributed by atoms with E-state index in [1.165, 1.54) is 55.5 Å². The Bertz CT molecular complexity index is 865. The summed E-state index contributed by atoms with van der Waals surface area (Å²) >= 11 is 0. The van der Waals surface area contributed by atoms with Crippen LogP contribution in [0.5, 0.6) is 0 Å². The van der Waals surface area contributed by atoms with Crippen LogP contribution in [0.1, 0.15) is 85.8 Å². The molecular formula is C27H35NO2. The summed E-state index contributed by atoms with van der Waals surface area (Å²) in [7, 11) is 0. The van der Waals surface area contributed by atoms with Gasteiger partial charge in [0.05, 0.1) is 12.2 Å². The van der Waals surface area contributed by atoms with Gasteiger partial charge in [-0.05, 0) is 117 Å². The first-order valence-corrected chi connectivity index (χ1v) is 11.8. The largest absolute Gasteiger partial charge is 0.462 e. The van der Waals surface area contributed by atoms with Crippen LogP contribution in [-0.2, 0) is 17.6 Å². The molecule has 160 valence electrons. The van der Waals surface area contributed by atoms with Crippen molar-refractivity contribution in [1.29, 1.82) is 0 Å². The van der Waals surface area contributed by atoms with Crippen LogP contribution in [0.25, 0.3) is 0 Å². The second-order valence-corrected chi connectivity index (χ2v) is 8.85. The number of aryl methyl sites for hydroxylation is 2. The molecule has 0 saturated heterocycles. The minimum absolute atomic E-state index is 0.245. The van der Waals surface area contributed by atoms with Crippen molar-refractivity contribution in [2.45, 2.75) is 71.6 Å². The molecule has 2 aliphatic carbocycles. The van der Waals surface area contributed by atoms with E-state index in [1.54, 1.807) is 11.1 Å². The lowest BCUT2D eigenvalue weighted by Gasteiger charge is -2.32. The Hall–Kier alpha value is -2.29. The number of carbonyl (C=O) groups excluding carboxylic acids is 1. The average Bonchev–Trinajstić information content (AvgIpc) is 3.60. The Balaban J connectivity index is 1.70. The number of hydrogen-bond acceptors (Lipinski definition) is 3. The summed E-state index contributed by atoms with van der Waals surface area (Å²) < 4.78 is 5.15. The van der Waals surface area contributed by atoms with Gasteiger partial charge in [-0.25, -0.2) is 4.79 Å². The minimum atomic E-state index is -0.245. The summed E-state index contributed by atoms with van der Waals surface area (Å²) in [5, 5.41) is 0. The Kier molecular flexibility index (Phi) is 6.46. The minimum Gasteiger partial charge on any atom is -0.462 e. The molecule has 2 aliphatic rings. The van der Waals surface area contributed by atoms with Crippen molar-refractivity contribution in [3.8, 4) is 0 Å². The van der Waals surface area contributed by atoms with E-state index in [2.05, 4.69) is 43.0 Å². The molecule has 0 aliphatic heterocycles. The second kappa shape index (κ2) is 9.24. The van der Waals surface area contributed by atoms with Crippen LogP contribution in [0.4, 0.5) is 11.4 Å². The highest BCUT2D eigenvalue weighted by atomic mass is 16.5. The van der Waals surface area contributed by atoms with Gasteiger partial charge in [0.2, 0.25) is 0 Å². The standard InChI is InChI=1S/C27H35NO2/c1-4-20-8-7-9-23-17-25(16-21(5-2)26(20)23)28(18-19-10-11-19)24-14-12-22(13-15-24)27(29)30-6-3/h12-17,19-20H,4-11,18H2,1-3H3. The van der Waals surface area contributed by atoms with Crippen molar-refractivity contribution in [3.63, 3.8) is 0 Å². The maximum Gasteiger partial charge on any atom is 0.338 e. The summed E-state index contributed by atoms with van der Waals surface area (Å²) in [6.45, 7) is 7.92. The summed E-state index contributed by atoms with van der Waals surface area (Å²) in [5.41, 5.74) is 7.83. The first kappa shape index (κ1) is 21.0. The topological polar surface area (TPSA) is 29.5 Å². The SMILES string of the molecule is CCOC(=O)c1ccc(N(CC2CC2)c2cc(CC)c3c(c2)CCCC3CC)cc1. The third-order valence-electron chi connectivity index (χ3n) is 6.76. The maximum absolute atomic E-state index is 12.1. The van der Waals surface area contributed by atoms with Gasteiger partial charge in [0.25, 0.3) is 0 Å². The molecular weight excluding hydrogens is 370 g/mol. The average molecular weight is 406 g/mol. The Morgan fingerprint density at radius 3 is 2.43 bits per heavy atom. The summed E-state index contributed by atoms with van der Waals surface area (Å²) in [6.07, 6.45) is 8.80. The molecule has 1 fully saturated rings. The van der Waals surface area contributed by atoms with Crippen molar-refractivity contribution in [2.75, 3.05) is 18.1 Å². The van der Waals surface area contributed by atoms with Crippen molar-refractivity contribution < 1.29 is 9.53 Å². The zero-order valence-corrected chi connectivity index (χ0v) is 18.7. The number of nitrogens with zero attached hydrogens (tertiary/aromatic N) is 1. The molecule has 3 nitrogen and oxygen atoms in total. The van der Waals surface area contributed by atoms with Crippen molar-refractivity contribution in [3.05, 3.63) is 58.7 Å². The zero-order chi connectivity index (χ0) is 21.1. The first-order chi connectivity index (χ1) is 14.6. The van der Waals surface area contributed by atoms with Crippen LogP contribution >= 0.6 is 0 Å². The normalized spacial score (nSPS) is 18.0. The van der Waals surface area contributed by atoms with Gasteiger partial charge in [0.1, 0.15) is 0 Å². The number of rotatable bonds is 8. The molecule has 30 heavy (non-hydrogen) atoms. The second-order valence-electron chi connectivity index (χ2n) is 8.85. The molecule has 0 heterocycles. The van der Waals surface area contributed by atoms with E-state index in [0.717, 1.165) is 24.8 Å². The first-order valence-electron chi connectivity index (χ1n) is 11.8. The molecule has 0 bridgehead atoms. The van der Waals surface area contributed by atoms with Gasteiger partial charge < -0.3 is 9.64 Å². The number of anilines is 2. The van der Waals surface area contributed by atoms with Crippen LogP contribution in [0.2, 0.25) is 0 Å². The third kappa shape index (κ3) is 4.40. The predicted molar refractivity (Wildman–Crippen MR) is 124 cm³/mol. The molecule has 1 atom stereocenters. The highest BCUT2D eigenvalue weighted by molar-refractivity contribution is 5.90. The van der Waals surface area contributed by atoms with Crippen LogP contribution in [0.3, 0.4) is 0 Å². The van der Waals surface area contributed by atoms with E-state index in [1.807, 2.05) is 19.1 Å². The summed E-state index contributed by atoms with van der Waals surface area (Å²) in [4.78, 5) is 14.5. The molecule has 0 N–H and O–H groups in total. The molecule has 1 unspecified atom stereocenters. The molecule has 0 aromatic heterocycles. The van der Waals surface area contributed by atoms with E-state index >= 15 is 0 Å². The van der Waals surface area contributed by atoms with Gasteiger partial charge in [-0.2, -0.15) is 0 Å². The predicted octanol–water partition coefficient (Wildman–Crippen LogP) is 6.80. The summed E-state index contributed by atoms with van der Waals surface area (Å²) in [5.74, 6) is 1.25. The van der Waals surface area contributed by atoms with Gasteiger partial charge in [0.15, 0.2) is 0 Å². The molecule has 0 radical (unpaired) electrons. The molecule has 0 spiro atoms. The number of esters is 1. The van der Waals surface area contributed by atoms with Crippen molar-refractivity contribution >= 4 is 17.3 Å². The van der Waals surface area contributed by atoms with E-state index in [0.29, 0.717) is 12.2 Å². The highest BCUT2D eigenvalue weighted by Crippen LogP contribution is 2.41. The highest BCUT2D eigenvalue weighted by Gasteiger charge is 2.28. The zero-order valence-electron chi connectivity index (χ0n) is 18.7. The monoisotopic (exact) mass is 405 g/mol. The Labute approximate surface area is 181 Å². The fourth-order valence-electron chi connectivity index (χ4n) is 4.94. The van der Waals surface area contributed by atoms with Crippen LogP contribution in [0.15, 0.2) is 36.4 Å². The van der Waals surface area contributed by atoms with Crippen LogP contribution in [0, 0.1) is 5.92 Å². The number of hydrogen-bond donors (Lipinski definition) is 0. The molecule has 0 amide bonds. The fourth-order valence-corrected chi connectivity index (χ4v) is 4.94. The Morgan fingerprint density at radius 1 is 1.03 bits per heavy atom. The third-order valence-corrected chi connectivity index (χ3v) is 6.76. The molecule has 4 rings (SSSR count).